The molecule has 3 N–H and O–H groups in total. The van der Waals surface area contributed by atoms with E-state index in [-0.39, 0.29) is 10.6 Å². The summed E-state index contributed by atoms with van der Waals surface area (Å²) in [6.07, 6.45) is 0. The predicted octanol–water partition coefficient (Wildman–Crippen LogP) is 0.642. The lowest BCUT2D eigenvalue weighted by Gasteiger charge is -2.26. The van der Waals surface area contributed by atoms with Gasteiger partial charge < -0.3 is 10.5 Å². The van der Waals surface area contributed by atoms with Gasteiger partial charge in [0, 0.05) is 30.7 Å². The number of hydrogen-bond donors (Lipinski definition) is 2. The Hall–Kier alpha value is -0.670. The molecule has 0 atom stereocenters. The Morgan fingerprint density at radius 1 is 1.35 bits per heavy atom. The Kier molecular flexibility index (Phi) is 5.39. The molecule has 1 saturated heterocycles. The Morgan fingerprint density at radius 3 is 2.75 bits per heavy atom. The molecule has 0 saturated carbocycles. The second-order valence-electron chi connectivity index (χ2n) is 4.53. The zero-order chi connectivity index (χ0) is 14.6. The molecule has 2 rings (SSSR count). The van der Waals surface area contributed by atoms with E-state index < -0.39 is 10.0 Å². The van der Waals surface area contributed by atoms with Gasteiger partial charge in [-0.25, -0.2) is 13.1 Å². The van der Waals surface area contributed by atoms with E-state index in [1.54, 1.807) is 12.1 Å². The lowest BCUT2D eigenvalue weighted by Crippen LogP contribution is -2.41. The fraction of sp³-hybridized carbons (Fsp3) is 0.500. The van der Waals surface area contributed by atoms with Gasteiger partial charge in [0.05, 0.1) is 18.9 Å². The van der Waals surface area contributed by atoms with Crippen LogP contribution in [0.3, 0.4) is 0 Å². The number of sulfonamides is 1. The van der Waals surface area contributed by atoms with Gasteiger partial charge in [-0.05, 0) is 18.2 Å². The molecule has 0 aromatic heterocycles. The number of morpholine rings is 1. The molecular weight excluding hydrogens is 346 g/mol. The summed E-state index contributed by atoms with van der Waals surface area (Å²) in [7, 11) is -3.58. The molecule has 0 spiro atoms. The van der Waals surface area contributed by atoms with Crippen molar-refractivity contribution in [3.05, 3.63) is 22.7 Å². The summed E-state index contributed by atoms with van der Waals surface area (Å²) >= 11 is 3.25. The van der Waals surface area contributed by atoms with E-state index in [0.29, 0.717) is 30.8 Å². The van der Waals surface area contributed by atoms with Crippen LogP contribution in [0.2, 0.25) is 0 Å². The van der Waals surface area contributed by atoms with E-state index in [4.69, 9.17) is 10.5 Å². The normalized spacial score (nSPS) is 17.2. The lowest BCUT2D eigenvalue weighted by atomic mass is 10.3. The van der Waals surface area contributed by atoms with E-state index in [2.05, 4.69) is 25.6 Å². The highest BCUT2D eigenvalue weighted by molar-refractivity contribution is 9.10. The van der Waals surface area contributed by atoms with Crippen LogP contribution < -0.4 is 10.5 Å². The van der Waals surface area contributed by atoms with Crippen LogP contribution in [0.4, 0.5) is 5.69 Å². The number of hydrogen-bond acceptors (Lipinski definition) is 5. The standard InChI is InChI=1S/C12H18BrN3O3S/c13-10-1-2-11(14)12(9-10)20(17,18)15-3-4-16-5-7-19-8-6-16/h1-2,9,15H,3-8,14H2. The fourth-order valence-corrected chi connectivity index (χ4v) is 3.67. The summed E-state index contributed by atoms with van der Waals surface area (Å²) in [5.74, 6) is 0. The summed E-state index contributed by atoms with van der Waals surface area (Å²) in [6.45, 7) is 4.09. The topological polar surface area (TPSA) is 84.7 Å². The second-order valence-corrected chi connectivity index (χ2v) is 7.18. The van der Waals surface area contributed by atoms with Crippen molar-refractivity contribution >= 4 is 31.6 Å². The summed E-state index contributed by atoms with van der Waals surface area (Å²) in [5.41, 5.74) is 5.97. The van der Waals surface area contributed by atoms with Crippen molar-refractivity contribution in [1.82, 2.24) is 9.62 Å². The van der Waals surface area contributed by atoms with Crippen molar-refractivity contribution in [2.45, 2.75) is 4.90 Å². The molecule has 20 heavy (non-hydrogen) atoms. The summed E-state index contributed by atoms with van der Waals surface area (Å²) in [4.78, 5) is 2.27. The smallest absolute Gasteiger partial charge is 0.242 e. The quantitative estimate of drug-likeness (QED) is 0.750. The Morgan fingerprint density at radius 2 is 2.05 bits per heavy atom. The minimum Gasteiger partial charge on any atom is -0.398 e. The first-order valence-corrected chi connectivity index (χ1v) is 8.61. The van der Waals surface area contributed by atoms with Gasteiger partial charge in [-0.15, -0.1) is 0 Å². The molecule has 0 radical (unpaired) electrons. The number of nitrogen functional groups attached to an aromatic ring is 1. The molecule has 0 bridgehead atoms. The molecule has 1 aromatic carbocycles. The van der Waals surface area contributed by atoms with Crippen molar-refractivity contribution in [1.29, 1.82) is 0 Å². The number of nitrogens with two attached hydrogens (primary N) is 1. The van der Waals surface area contributed by atoms with Gasteiger partial charge in [-0.1, -0.05) is 15.9 Å². The lowest BCUT2D eigenvalue weighted by molar-refractivity contribution is 0.0390. The molecule has 1 heterocycles. The molecule has 1 aliphatic rings. The van der Waals surface area contributed by atoms with Crippen LogP contribution in [0.15, 0.2) is 27.6 Å². The predicted molar refractivity (Wildman–Crippen MR) is 81.0 cm³/mol. The number of rotatable bonds is 5. The molecular formula is C12H18BrN3O3S. The van der Waals surface area contributed by atoms with Crippen LogP contribution >= 0.6 is 15.9 Å². The number of nitrogens with one attached hydrogen (secondary N) is 1. The summed E-state index contributed by atoms with van der Waals surface area (Å²) in [6, 6.07) is 4.79. The Bertz CT molecular complexity index is 559. The maximum absolute atomic E-state index is 12.2. The number of ether oxygens (including phenoxy) is 1. The minimum atomic E-state index is -3.58. The average molecular weight is 364 g/mol. The highest BCUT2D eigenvalue weighted by Crippen LogP contribution is 2.22. The third kappa shape index (κ3) is 4.16. The first-order valence-electron chi connectivity index (χ1n) is 6.34. The largest absolute Gasteiger partial charge is 0.398 e. The molecule has 1 aliphatic heterocycles. The fourth-order valence-electron chi connectivity index (χ4n) is 1.98. The average Bonchev–Trinajstić information content (AvgIpc) is 2.42. The van der Waals surface area contributed by atoms with E-state index in [1.165, 1.54) is 6.07 Å². The van der Waals surface area contributed by atoms with Crippen LogP contribution in [-0.4, -0.2) is 52.7 Å². The third-order valence-corrected chi connectivity index (χ3v) is 5.10. The van der Waals surface area contributed by atoms with Crippen LogP contribution in [0, 0.1) is 0 Å². The first-order chi connectivity index (χ1) is 9.49. The molecule has 1 aromatic rings. The molecule has 0 aliphatic carbocycles. The number of halogens is 1. The number of benzene rings is 1. The Balaban J connectivity index is 1.95. The summed E-state index contributed by atoms with van der Waals surface area (Å²) < 4.78 is 32.9. The maximum atomic E-state index is 12.2. The SMILES string of the molecule is Nc1ccc(Br)cc1S(=O)(=O)NCCN1CCOCC1. The van der Waals surface area contributed by atoms with E-state index in [1.807, 2.05) is 0 Å². The monoisotopic (exact) mass is 363 g/mol. The zero-order valence-electron chi connectivity index (χ0n) is 11.0. The Labute approximate surface area is 127 Å². The molecule has 0 amide bonds. The summed E-state index contributed by atoms with van der Waals surface area (Å²) in [5, 5.41) is 0. The molecule has 8 heteroatoms. The van der Waals surface area contributed by atoms with Gasteiger partial charge in [0.15, 0.2) is 0 Å². The minimum absolute atomic E-state index is 0.105. The van der Waals surface area contributed by atoms with Gasteiger partial charge in [0.1, 0.15) is 4.90 Å². The van der Waals surface area contributed by atoms with Crippen molar-refractivity contribution in [2.75, 3.05) is 45.1 Å². The van der Waals surface area contributed by atoms with Crippen LogP contribution in [0.5, 0.6) is 0 Å². The van der Waals surface area contributed by atoms with Crippen LogP contribution in [0.1, 0.15) is 0 Å². The van der Waals surface area contributed by atoms with Gasteiger partial charge in [-0.3, -0.25) is 4.90 Å². The highest BCUT2D eigenvalue weighted by Gasteiger charge is 2.18. The molecule has 0 unspecified atom stereocenters. The second kappa shape index (κ2) is 6.86. The van der Waals surface area contributed by atoms with Crippen molar-refractivity contribution < 1.29 is 13.2 Å². The molecule has 112 valence electrons. The van der Waals surface area contributed by atoms with Crippen molar-refractivity contribution in [2.24, 2.45) is 0 Å². The molecule has 6 nitrogen and oxygen atoms in total. The van der Waals surface area contributed by atoms with Gasteiger partial charge in [-0.2, -0.15) is 0 Å². The zero-order valence-corrected chi connectivity index (χ0v) is 13.4. The van der Waals surface area contributed by atoms with Crippen molar-refractivity contribution in [3.8, 4) is 0 Å². The van der Waals surface area contributed by atoms with E-state index in [0.717, 1.165) is 13.1 Å². The highest BCUT2D eigenvalue weighted by atomic mass is 79.9. The van der Waals surface area contributed by atoms with E-state index in [9.17, 15) is 8.42 Å². The van der Waals surface area contributed by atoms with E-state index >= 15 is 0 Å². The number of anilines is 1. The number of nitrogens with zero attached hydrogens (tertiary/aromatic N) is 1. The van der Waals surface area contributed by atoms with Crippen molar-refractivity contribution in [3.63, 3.8) is 0 Å². The van der Waals surface area contributed by atoms with Crippen LogP contribution in [-0.2, 0) is 14.8 Å². The third-order valence-electron chi connectivity index (χ3n) is 3.09. The maximum Gasteiger partial charge on any atom is 0.242 e. The molecule has 1 fully saturated rings. The van der Waals surface area contributed by atoms with Gasteiger partial charge in [0.25, 0.3) is 0 Å². The van der Waals surface area contributed by atoms with Crippen LogP contribution in [0.25, 0.3) is 0 Å². The van der Waals surface area contributed by atoms with Gasteiger partial charge in [0.2, 0.25) is 10.0 Å². The van der Waals surface area contributed by atoms with Gasteiger partial charge >= 0.3 is 0 Å². The first kappa shape index (κ1) is 15.7.